The highest BCUT2D eigenvalue weighted by molar-refractivity contribution is 5.99. The number of methoxy groups -OCH3 is 1. The zero-order valence-electron chi connectivity index (χ0n) is 23.5. The molecule has 0 unspecified atom stereocenters. The number of hydrogen-bond acceptors (Lipinski definition) is 10. The number of pyridine rings is 2. The molecule has 42 heavy (non-hydrogen) atoms. The van der Waals surface area contributed by atoms with Gasteiger partial charge in [-0.25, -0.2) is 4.98 Å². The van der Waals surface area contributed by atoms with Crippen LogP contribution in [0.25, 0.3) is 10.9 Å². The van der Waals surface area contributed by atoms with E-state index in [1.165, 1.54) is 19.5 Å². The number of fused-ring (bicyclic) bond motifs is 1. The fraction of sp³-hybridized carbons (Fsp3) is 0.379. The molecule has 0 amide bonds. The number of anilines is 2. The van der Waals surface area contributed by atoms with E-state index < -0.39 is 17.8 Å². The summed E-state index contributed by atoms with van der Waals surface area (Å²) in [6.45, 7) is 6.72. The van der Waals surface area contributed by atoms with Gasteiger partial charge in [-0.1, -0.05) is 20.8 Å². The second kappa shape index (κ2) is 10.6. The van der Waals surface area contributed by atoms with Gasteiger partial charge in [-0.15, -0.1) is 5.53 Å². The minimum absolute atomic E-state index is 0.0219. The molecule has 10 nitrogen and oxygen atoms in total. The molecule has 13 heteroatoms. The van der Waals surface area contributed by atoms with Gasteiger partial charge in [0.1, 0.15) is 12.1 Å². The zero-order chi connectivity index (χ0) is 30.3. The number of ether oxygens (including phenoxy) is 1. The van der Waals surface area contributed by atoms with E-state index in [2.05, 4.69) is 64.5 Å². The summed E-state index contributed by atoms with van der Waals surface area (Å²) in [7, 11) is 1.49. The van der Waals surface area contributed by atoms with Crippen LogP contribution in [0.15, 0.2) is 48.6 Å². The second-order valence-corrected chi connectivity index (χ2v) is 11.5. The molecule has 2 aliphatic rings. The molecule has 1 fully saturated rings. The molecule has 2 aromatic heterocycles. The topological polar surface area (TPSA) is 134 Å². The van der Waals surface area contributed by atoms with Crippen LogP contribution in [0.2, 0.25) is 0 Å². The Bertz CT molecular complexity index is 1610. The van der Waals surface area contributed by atoms with E-state index in [1.54, 1.807) is 30.5 Å². The van der Waals surface area contributed by atoms with Crippen molar-refractivity contribution in [3.63, 3.8) is 0 Å². The molecule has 4 N–H and O–H groups in total. The first-order valence-corrected chi connectivity index (χ1v) is 13.3. The Balaban J connectivity index is 1.59. The van der Waals surface area contributed by atoms with Gasteiger partial charge in [0.25, 0.3) is 0 Å². The van der Waals surface area contributed by atoms with Gasteiger partial charge < -0.3 is 20.8 Å². The molecule has 0 saturated heterocycles. The summed E-state index contributed by atoms with van der Waals surface area (Å²) in [5.74, 6) is 0.377. The van der Waals surface area contributed by atoms with Gasteiger partial charge in [-0.2, -0.15) is 23.7 Å². The standard InChI is InChI=1S/C29H30F3N9O/c1-27(2,3)16-37-25-19(12-34)14-36-24-18(11-33)9-20(10-21(24)25)38-26(17-5-6-23(42-4)35-13-17)22-15-41(40-39-22)28(7-8-28)29(30,31)32/h5-6,9-10,13-15,26,38-40H,7-8,16H2,1-4H3,(H,36,37)/t26-/m0/s1. The summed E-state index contributed by atoms with van der Waals surface area (Å²) in [5, 5.41) is 28.1. The summed E-state index contributed by atoms with van der Waals surface area (Å²) in [5.41, 5.74) is 6.57. The lowest BCUT2D eigenvalue weighted by molar-refractivity contribution is -0.195. The molecule has 0 bridgehead atoms. The van der Waals surface area contributed by atoms with E-state index in [1.807, 2.05) is 0 Å². The third-order valence-electron chi connectivity index (χ3n) is 7.23. The minimum Gasteiger partial charge on any atom is -0.481 e. The van der Waals surface area contributed by atoms with Crippen LogP contribution in [0, 0.1) is 28.1 Å². The van der Waals surface area contributed by atoms with Crippen molar-refractivity contribution in [2.24, 2.45) is 5.41 Å². The molecule has 1 aliphatic carbocycles. The van der Waals surface area contributed by atoms with Crippen LogP contribution in [-0.4, -0.2) is 40.3 Å². The first kappa shape index (κ1) is 28.8. The summed E-state index contributed by atoms with van der Waals surface area (Å²) in [4.78, 5) is 8.66. The summed E-state index contributed by atoms with van der Waals surface area (Å²) < 4.78 is 46.7. The number of alkyl halides is 3. The van der Waals surface area contributed by atoms with Crippen molar-refractivity contribution in [2.45, 2.75) is 51.4 Å². The third kappa shape index (κ3) is 5.43. The van der Waals surface area contributed by atoms with Crippen LogP contribution in [0.3, 0.4) is 0 Å². The molecular weight excluding hydrogens is 547 g/mol. The van der Waals surface area contributed by atoms with Crippen LogP contribution in [0.5, 0.6) is 5.88 Å². The smallest absolute Gasteiger partial charge is 0.413 e. The summed E-state index contributed by atoms with van der Waals surface area (Å²) in [6.07, 6.45) is -0.0521. The molecule has 1 atom stereocenters. The maximum atomic E-state index is 13.9. The molecule has 1 aromatic carbocycles. The number of hydrogen-bond donors (Lipinski definition) is 4. The largest absolute Gasteiger partial charge is 0.481 e. The SMILES string of the molecule is COc1ccc([C@H](Nc2cc(C#N)c3ncc(C#N)c(NCC(C)(C)C)c3c2)C2=CN(C3(C(F)(F)F)CC3)NN2)cn1. The Morgan fingerprint density at radius 2 is 1.83 bits per heavy atom. The quantitative estimate of drug-likeness (QED) is 0.281. The number of aromatic nitrogens is 2. The predicted octanol–water partition coefficient (Wildman–Crippen LogP) is 5.25. The molecule has 5 rings (SSSR count). The van der Waals surface area contributed by atoms with Gasteiger partial charge >= 0.3 is 6.18 Å². The number of benzene rings is 1. The van der Waals surface area contributed by atoms with Crippen molar-refractivity contribution in [3.8, 4) is 18.0 Å². The van der Waals surface area contributed by atoms with E-state index in [0.29, 0.717) is 51.5 Å². The Morgan fingerprint density at radius 3 is 2.40 bits per heavy atom. The Morgan fingerprint density at radius 1 is 1.10 bits per heavy atom. The fourth-order valence-electron chi connectivity index (χ4n) is 4.78. The van der Waals surface area contributed by atoms with E-state index in [9.17, 15) is 23.7 Å². The lowest BCUT2D eigenvalue weighted by Gasteiger charge is -2.28. The zero-order valence-corrected chi connectivity index (χ0v) is 23.5. The first-order valence-electron chi connectivity index (χ1n) is 13.3. The molecule has 1 aliphatic heterocycles. The van der Waals surface area contributed by atoms with E-state index in [0.717, 1.165) is 5.01 Å². The van der Waals surface area contributed by atoms with E-state index in [-0.39, 0.29) is 23.8 Å². The van der Waals surface area contributed by atoms with Crippen molar-refractivity contribution in [3.05, 3.63) is 65.2 Å². The maximum Gasteiger partial charge on any atom is 0.413 e. The summed E-state index contributed by atoms with van der Waals surface area (Å²) >= 11 is 0. The monoisotopic (exact) mass is 577 g/mol. The Labute approximate surface area is 241 Å². The van der Waals surface area contributed by atoms with Crippen LogP contribution in [-0.2, 0) is 0 Å². The van der Waals surface area contributed by atoms with E-state index in [4.69, 9.17) is 4.74 Å². The van der Waals surface area contributed by atoms with Crippen LogP contribution < -0.4 is 26.3 Å². The number of rotatable bonds is 8. The number of halogens is 3. The predicted molar refractivity (Wildman–Crippen MR) is 150 cm³/mol. The fourth-order valence-corrected chi connectivity index (χ4v) is 4.78. The highest BCUT2D eigenvalue weighted by atomic mass is 19.4. The van der Waals surface area contributed by atoms with Crippen molar-refractivity contribution in [1.29, 1.82) is 10.5 Å². The average molecular weight is 578 g/mol. The second-order valence-electron chi connectivity index (χ2n) is 11.5. The normalized spacial score (nSPS) is 16.6. The van der Waals surface area contributed by atoms with Crippen LogP contribution in [0.4, 0.5) is 24.5 Å². The molecular formula is C29H30F3N9O. The van der Waals surface area contributed by atoms with Crippen LogP contribution >= 0.6 is 0 Å². The van der Waals surface area contributed by atoms with E-state index >= 15 is 0 Å². The number of nitriles is 2. The highest BCUT2D eigenvalue weighted by Crippen LogP contribution is 2.53. The van der Waals surface area contributed by atoms with Gasteiger partial charge in [0.05, 0.1) is 41.2 Å². The van der Waals surface area contributed by atoms with Crippen molar-refractivity contribution in [2.75, 3.05) is 24.3 Å². The lowest BCUT2D eigenvalue weighted by Crippen LogP contribution is -2.52. The Hall–Kier alpha value is -4.75. The minimum atomic E-state index is -4.42. The Kier molecular flexibility index (Phi) is 7.25. The van der Waals surface area contributed by atoms with Crippen molar-refractivity contribution >= 4 is 22.3 Å². The molecule has 0 spiro atoms. The van der Waals surface area contributed by atoms with Crippen molar-refractivity contribution < 1.29 is 17.9 Å². The molecule has 3 heterocycles. The molecule has 218 valence electrons. The van der Waals surface area contributed by atoms with Crippen molar-refractivity contribution in [1.82, 2.24) is 25.9 Å². The maximum absolute atomic E-state index is 13.9. The highest BCUT2D eigenvalue weighted by Gasteiger charge is 2.67. The third-order valence-corrected chi connectivity index (χ3v) is 7.23. The number of hydrazine groups is 2. The van der Waals surface area contributed by atoms with Gasteiger partial charge in [-0.05, 0) is 42.0 Å². The van der Waals surface area contributed by atoms with Gasteiger partial charge in [-0.3, -0.25) is 9.99 Å². The average Bonchev–Trinajstić information content (AvgIpc) is 3.65. The lowest BCUT2D eigenvalue weighted by atomic mass is 9.96. The molecule has 0 radical (unpaired) electrons. The number of nitrogens with zero attached hydrogens (tertiary/aromatic N) is 5. The van der Waals surface area contributed by atoms with Gasteiger partial charge in [0.2, 0.25) is 5.88 Å². The van der Waals surface area contributed by atoms with Gasteiger partial charge in [0.15, 0.2) is 5.54 Å². The number of nitrogens with one attached hydrogen (secondary N) is 4. The van der Waals surface area contributed by atoms with Crippen LogP contribution in [0.1, 0.15) is 56.3 Å². The molecule has 3 aromatic rings. The molecule has 1 saturated carbocycles. The van der Waals surface area contributed by atoms with Gasteiger partial charge in [0, 0.05) is 42.3 Å². The first-order chi connectivity index (χ1) is 19.9. The summed E-state index contributed by atoms with van der Waals surface area (Å²) in [6, 6.07) is 10.4.